The Morgan fingerprint density at radius 1 is 1.07 bits per heavy atom. The molecule has 0 bridgehead atoms. The number of carbonyl (C=O) groups is 1. The molecule has 1 aromatic heterocycles. The Kier molecular flexibility index (Phi) is 4.99. The number of hydrogen-bond acceptors (Lipinski definition) is 4. The highest BCUT2D eigenvalue weighted by Crippen LogP contribution is 2.41. The zero-order valence-electron chi connectivity index (χ0n) is 15.5. The largest absolute Gasteiger partial charge is 0.325 e. The molecule has 0 atom stereocenters. The summed E-state index contributed by atoms with van der Waals surface area (Å²) in [6.07, 6.45) is 2.31. The van der Waals surface area contributed by atoms with Gasteiger partial charge in [-0.1, -0.05) is 48.2 Å². The third-order valence-electron chi connectivity index (χ3n) is 4.69. The molecule has 1 aliphatic rings. The van der Waals surface area contributed by atoms with Gasteiger partial charge in [-0.25, -0.2) is 0 Å². The fourth-order valence-corrected chi connectivity index (χ4v) is 3.88. The second-order valence-corrected chi connectivity index (χ2v) is 7.83. The van der Waals surface area contributed by atoms with Crippen LogP contribution in [-0.2, 0) is 4.79 Å². The van der Waals surface area contributed by atoms with Gasteiger partial charge in [-0.2, -0.15) is 0 Å². The van der Waals surface area contributed by atoms with Gasteiger partial charge in [0.05, 0.1) is 5.75 Å². The van der Waals surface area contributed by atoms with Crippen LogP contribution in [0.2, 0.25) is 0 Å². The fourth-order valence-electron chi connectivity index (χ4n) is 3.12. The molecule has 4 rings (SSSR count). The lowest BCUT2D eigenvalue weighted by molar-refractivity contribution is -0.113. The number of aromatic nitrogens is 3. The molecule has 27 heavy (non-hydrogen) atoms. The van der Waals surface area contributed by atoms with E-state index in [1.807, 2.05) is 50.2 Å². The highest BCUT2D eigenvalue weighted by molar-refractivity contribution is 7.99. The van der Waals surface area contributed by atoms with E-state index in [1.54, 1.807) is 0 Å². The van der Waals surface area contributed by atoms with Gasteiger partial charge in [0.1, 0.15) is 5.82 Å². The summed E-state index contributed by atoms with van der Waals surface area (Å²) in [6.45, 7) is 4.01. The zero-order valence-corrected chi connectivity index (χ0v) is 16.3. The van der Waals surface area contributed by atoms with Crippen LogP contribution in [0.5, 0.6) is 0 Å². The van der Waals surface area contributed by atoms with E-state index in [9.17, 15) is 4.79 Å². The summed E-state index contributed by atoms with van der Waals surface area (Å²) in [5, 5.41) is 12.6. The minimum Gasteiger partial charge on any atom is -0.325 e. The Labute approximate surface area is 163 Å². The highest BCUT2D eigenvalue weighted by atomic mass is 32.2. The van der Waals surface area contributed by atoms with Crippen molar-refractivity contribution in [1.29, 1.82) is 0 Å². The summed E-state index contributed by atoms with van der Waals surface area (Å²) >= 11 is 1.42. The number of amides is 1. The van der Waals surface area contributed by atoms with E-state index < -0.39 is 0 Å². The van der Waals surface area contributed by atoms with Crippen LogP contribution in [-0.4, -0.2) is 26.4 Å². The molecule has 1 N–H and O–H groups in total. The van der Waals surface area contributed by atoms with E-state index >= 15 is 0 Å². The van der Waals surface area contributed by atoms with Crippen molar-refractivity contribution in [1.82, 2.24) is 14.8 Å². The maximum absolute atomic E-state index is 12.5. The van der Waals surface area contributed by atoms with E-state index in [0.717, 1.165) is 46.3 Å². The standard InChI is InChI=1S/C21H22N4OS/c1-14-7-6-8-15(2)19(14)22-18(26)13-27-21-24-23-20(16-11-12-16)25(21)17-9-4-3-5-10-17/h3-10,16H,11-13H2,1-2H3,(H,22,26). The number of carbonyl (C=O) groups excluding carboxylic acids is 1. The second kappa shape index (κ2) is 7.56. The molecule has 1 saturated carbocycles. The second-order valence-electron chi connectivity index (χ2n) is 6.89. The predicted molar refractivity (Wildman–Crippen MR) is 109 cm³/mol. The topological polar surface area (TPSA) is 59.8 Å². The molecular formula is C21H22N4OS. The molecule has 0 unspecified atom stereocenters. The highest BCUT2D eigenvalue weighted by Gasteiger charge is 2.31. The first-order valence-electron chi connectivity index (χ1n) is 9.13. The van der Waals surface area contributed by atoms with E-state index in [2.05, 4.69) is 32.2 Å². The summed E-state index contributed by atoms with van der Waals surface area (Å²) < 4.78 is 2.09. The van der Waals surface area contributed by atoms with Gasteiger partial charge in [0.2, 0.25) is 5.91 Å². The molecular weight excluding hydrogens is 356 g/mol. The SMILES string of the molecule is Cc1cccc(C)c1NC(=O)CSc1nnc(C2CC2)n1-c1ccccc1. The van der Waals surface area contributed by atoms with Crippen LogP contribution in [0.1, 0.15) is 35.7 Å². The molecule has 1 aliphatic carbocycles. The Morgan fingerprint density at radius 2 is 1.78 bits per heavy atom. The van der Waals surface area contributed by atoms with Gasteiger partial charge in [0.15, 0.2) is 5.16 Å². The number of para-hydroxylation sites is 2. The molecule has 138 valence electrons. The normalized spacial score (nSPS) is 13.6. The Balaban J connectivity index is 1.51. The van der Waals surface area contributed by atoms with Crippen LogP contribution < -0.4 is 5.32 Å². The van der Waals surface area contributed by atoms with Crippen molar-refractivity contribution in [2.24, 2.45) is 0 Å². The van der Waals surface area contributed by atoms with E-state index in [-0.39, 0.29) is 5.91 Å². The molecule has 1 fully saturated rings. The minimum atomic E-state index is -0.0343. The fraction of sp³-hybridized carbons (Fsp3) is 0.286. The van der Waals surface area contributed by atoms with Crippen molar-refractivity contribution in [2.45, 2.75) is 37.8 Å². The van der Waals surface area contributed by atoms with Crippen LogP contribution in [0, 0.1) is 13.8 Å². The number of anilines is 1. The summed E-state index contributed by atoms with van der Waals surface area (Å²) in [5.74, 6) is 1.74. The molecule has 2 aromatic carbocycles. The monoisotopic (exact) mass is 378 g/mol. The molecule has 0 aliphatic heterocycles. The lowest BCUT2D eigenvalue weighted by Gasteiger charge is -2.12. The van der Waals surface area contributed by atoms with Crippen molar-refractivity contribution < 1.29 is 4.79 Å². The third-order valence-corrected chi connectivity index (χ3v) is 5.62. The minimum absolute atomic E-state index is 0.0343. The number of nitrogens with zero attached hydrogens (tertiary/aromatic N) is 3. The van der Waals surface area contributed by atoms with Crippen LogP contribution in [0.15, 0.2) is 53.7 Å². The van der Waals surface area contributed by atoms with Crippen molar-refractivity contribution in [3.63, 3.8) is 0 Å². The number of benzene rings is 2. The molecule has 1 heterocycles. The summed E-state index contributed by atoms with van der Waals surface area (Å²) in [5.41, 5.74) is 4.07. The number of thioether (sulfide) groups is 1. The molecule has 5 nitrogen and oxygen atoms in total. The quantitative estimate of drug-likeness (QED) is 0.642. The van der Waals surface area contributed by atoms with Crippen LogP contribution in [0.4, 0.5) is 5.69 Å². The predicted octanol–water partition coefficient (Wildman–Crippen LogP) is 4.49. The maximum Gasteiger partial charge on any atom is 0.234 e. The molecule has 6 heteroatoms. The molecule has 0 radical (unpaired) electrons. The summed E-state index contributed by atoms with van der Waals surface area (Å²) in [7, 11) is 0. The average molecular weight is 379 g/mol. The molecule has 1 amide bonds. The third kappa shape index (κ3) is 3.90. The Hall–Kier alpha value is -2.60. The molecule has 0 saturated heterocycles. The van der Waals surface area contributed by atoms with Gasteiger partial charge >= 0.3 is 0 Å². The first-order valence-corrected chi connectivity index (χ1v) is 10.1. The van der Waals surface area contributed by atoms with Gasteiger partial charge in [-0.05, 0) is 49.9 Å². The van der Waals surface area contributed by atoms with E-state index in [4.69, 9.17) is 0 Å². The first-order chi connectivity index (χ1) is 13.1. The Bertz CT molecular complexity index is 943. The van der Waals surface area contributed by atoms with E-state index in [1.165, 1.54) is 11.8 Å². The van der Waals surface area contributed by atoms with Gasteiger partial charge in [-0.3, -0.25) is 9.36 Å². The summed E-state index contributed by atoms with van der Waals surface area (Å²) in [6, 6.07) is 16.1. The maximum atomic E-state index is 12.5. The van der Waals surface area contributed by atoms with Crippen molar-refractivity contribution in [3.05, 3.63) is 65.5 Å². The van der Waals surface area contributed by atoms with Gasteiger partial charge in [0.25, 0.3) is 0 Å². The lowest BCUT2D eigenvalue weighted by Crippen LogP contribution is -2.16. The summed E-state index contributed by atoms with van der Waals surface area (Å²) in [4.78, 5) is 12.5. The number of hydrogen-bond donors (Lipinski definition) is 1. The number of nitrogens with one attached hydrogen (secondary N) is 1. The number of aryl methyl sites for hydroxylation is 2. The smallest absolute Gasteiger partial charge is 0.234 e. The molecule has 0 spiro atoms. The average Bonchev–Trinajstić information content (AvgIpc) is 3.43. The van der Waals surface area contributed by atoms with Crippen LogP contribution >= 0.6 is 11.8 Å². The molecule has 3 aromatic rings. The van der Waals surface area contributed by atoms with Crippen LogP contribution in [0.3, 0.4) is 0 Å². The zero-order chi connectivity index (χ0) is 18.8. The number of rotatable bonds is 6. The van der Waals surface area contributed by atoms with Gasteiger partial charge in [-0.15, -0.1) is 10.2 Å². The van der Waals surface area contributed by atoms with Crippen molar-refractivity contribution >= 4 is 23.4 Å². The van der Waals surface area contributed by atoms with Crippen molar-refractivity contribution in [3.8, 4) is 5.69 Å². The lowest BCUT2D eigenvalue weighted by atomic mass is 10.1. The van der Waals surface area contributed by atoms with Crippen molar-refractivity contribution in [2.75, 3.05) is 11.1 Å². The van der Waals surface area contributed by atoms with Crippen LogP contribution in [0.25, 0.3) is 5.69 Å². The first kappa shape index (κ1) is 17.8. The van der Waals surface area contributed by atoms with Gasteiger partial charge < -0.3 is 5.32 Å². The van der Waals surface area contributed by atoms with Gasteiger partial charge in [0, 0.05) is 17.3 Å². The Morgan fingerprint density at radius 3 is 2.44 bits per heavy atom. The van der Waals surface area contributed by atoms with E-state index in [0.29, 0.717) is 11.7 Å².